The molecule has 1 amide bonds. The van der Waals surface area contributed by atoms with Gasteiger partial charge in [-0.1, -0.05) is 48.5 Å². The largest absolute Gasteiger partial charge is 0.461 e. The maximum absolute atomic E-state index is 13.2. The van der Waals surface area contributed by atoms with E-state index in [9.17, 15) is 19.8 Å². The van der Waals surface area contributed by atoms with Gasteiger partial charge in [0.2, 0.25) is 6.29 Å². The Morgan fingerprint density at radius 2 is 1.69 bits per heavy atom. The molecule has 1 aliphatic heterocycles. The summed E-state index contributed by atoms with van der Waals surface area (Å²) in [5, 5.41) is 25.6. The lowest BCUT2D eigenvalue weighted by atomic mass is 9.89. The molecule has 2 aromatic heterocycles. The van der Waals surface area contributed by atoms with Crippen LogP contribution in [-0.4, -0.2) is 58.4 Å². The number of rotatable bonds is 6. The molecular formula is C32H30N2O8. The zero-order valence-corrected chi connectivity index (χ0v) is 23.2. The number of benzene rings is 3. The number of H-pyrrole nitrogens is 1. The van der Waals surface area contributed by atoms with Crippen molar-refractivity contribution in [3.05, 3.63) is 95.0 Å². The summed E-state index contributed by atoms with van der Waals surface area (Å²) in [6.07, 6.45) is -4.72. The topological polar surface area (TPSA) is 143 Å². The summed E-state index contributed by atoms with van der Waals surface area (Å²) in [7, 11) is 1.43. The number of aromatic amines is 1. The zero-order chi connectivity index (χ0) is 29.6. The van der Waals surface area contributed by atoms with Gasteiger partial charge in [-0.05, 0) is 49.7 Å². The minimum absolute atomic E-state index is 0.0275. The summed E-state index contributed by atoms with van der Waals surface area (Å²) in [5.41, 5.74) is 0.672. The van der Waals surface area contributed by atoms with Gasteiger partial charge in [0.05, 0.1) is 11.2 Å². The van der Waals surface area contributed by atoms with Gasteiger partial charge in [-0.2, -0.15) is 0 Å². The Bertz CT molecular complexity index is 1790. The lowest BCUT2D eigenvalue weighted by Gasteiger charge is -2.46. The molecule has 4 N–H and O–H groups in total. The first kappa shape index (κ1) is 27.7. The fourth-order valence-corrected chi connectivity index (χ4v) is 5.44. The average Bonchev–Trinajstić information content (AvgIpc) is 3.41. The number of anilines is 1. The molecule has 1 saturated heterocycles. The highest BCUT2D eigenvalue weighted by Crippen LogP contribution is 2.40. The van der Waals surface area contributed by atoms with Crippen molar-refractivity contribution in [2.45, 2.75) is 44.1 Å². The van der Waals surface area contributed by atoms with Crippen LogP contribution >= 0.6 is 0 Å². The first-order valence-electron chi connectivity index (χ1n) is 13.4. The van der Waals surface area contributed by atoms with Crippen LogP contribution in [0.15, 0.2) is 88.1 Å². The smallest absolute Gasteiger partial charge is 0.360 e. The predicted octanol–water partition coefficient (Wildman–Crippen LogP) is 4.44. The molecule has 1 aliphatic rings. The molecule has 0 spiro atoms. The molecule has 0 unspecified atom stereocenters. The van der Waals surface area contributed by atoms with Crippen LogP contribution in [-0.2, 0) is 9.47 Å². The number of carbonyl (C=O) groups is 1. The van der Waals surface area contributed by atoms with Crippen molar-refractivity contribution in [2.75, 3.05) is 12.4 Å². The summed E-state index contributed by atoms with van der Waals surface area (Å²) in [4.78, 5) is 29.2. The van der Waals surface area contributed by atoms with Crippen molar-refractivity contribution in [3.8, 4) is 16.9 Å². The molecule has 1 fully saturated rings. The second kappa shape index (κ2) is 10.7. The van der Waals surface area contributed by atoms with E-state index in [4.69, 9.17) is 18.6 Å². The number of nitrogens with one attached hydrogen (secondary N) is 2. The maximum atomic E-state index is 13.2. The predicted molar refractivity (Wildman–Crippen MR) is 157 cm³/mol. The van der Waals surface area contributed by atoms with Gasteiger partial charge in [-0.25, -0.2) is 4.79 Å². The molecule has 0 aliphatic carbocycles. The minimum Gasteiger partial charge on any atom is -0.461 e. The van der Waals surface area contributed by atoms with Gasteiger partial charge >= 0.3 is 5.63 Å². The molecule has 3 heterocycles. The normalized spacial score (nSPS) is 21.8. The lowest BCUT2D eigenvalue weighted by molar-refractivity contribution is -0.305. The van der Waals surface area contributed by atoms with Crippen molar-refractivity contribution >= 4 is 33.5 Å². The van der Waals surface area contributed by atoms with Crippen molar-refractivity contribution in [1.29, 1.82) is 0 Å². The number of para-hydroxylation sites is 1. The van der Waals surface area contributed by atoms with Gasteiger partial charge in [0.15, 0.2) is 0 Å². The van der Waals surface area contributed by atoms with Gasteiger partial charge < -0.3 is 39.1 Å². The highest BCUT2D eigenvalue weighted by atomic mass is 16.7. The van der Waals surface area contributed by atoms with E-state index >= 15 is 0 Å². The van der Waals surface area contributed by atoms with Crippen LogP contribution in [0.1, 0.15) is 24.3 Å². The number of carbonyl (C=O) groups excluding carboxylic acids is 1. The van der Waals surface area contributed by atoms with E-state index in [1.807, 2.05) is 54.6 Å². The number of fused-ring (bicyclic) bond motifs is 2. The number of methoxy groups -OCH3 is 1. The summed E-state index contributed by atoms with van der Waals surface area (Å²) < 4.78 is 23.3. The number of hydrogen-bond donors (Lipinski definition) is 4. The molecule has 0 saturated carbocycles. The van der Waals surface area contributed by atoms with Crippen LogP contribution in [0.25, 0.3) is 33.0 Å². The number of aliphatic hydroxyl groups is 2. The quantitative estimate of drug-likeness (QED) is 0.219. The zero-order valence-electron chi connectivity index (χ0n) is 23.2. The van der Waals surface area contributed by atoms with Gasteiger partial charge in [0.25, 0.3) is 5.91 Å². The third kappa shape index (κ3) is 4.94. The molecule has 42 heavy (non-hydrogen) atoms. The summed E-state index contributed by atoms with van der Waals surface area (Å²) in [6.45, 7) is 3.46. The second-order valence-electron chi connectivity index (χ2n) is 10.7. The molecule has 6 rings (SSSR count). The van der Waals surface area contributed by atoms with Crippen LogP contribution in [0.2, 0.25) is 0 Å². The molecule has 3 aromatic carbocycles. The maximum Gasteiger partial charge on any atom is 0.360 e. The van der Waals surface area contributed by atoms with Crippen LogP contribution < -0.4 is 15.7 Å². The standard InChI is InChI=1S/C32H30N2O8/c1-32(2)28(39-3)25(35)26(36)31(42-32)40-23-14-13-19-16-22(30(38)41-27(19)24(23)17-9-5-4-6-10-17)34-29(37)21-15-18-11-7-8-12-20(18)33-21/h4-16,25-26,28,31,33,35-36H,1-3H3,(H,34,37)/t25-,26-,28+,31+/m0/s1. The van der Waals surface area contributed by atoms with E-state index in [1.165, 1.54) is 7.11 Å². The van der Waals surface area contributed by atoms with E-state index < -0.39 is 41.7 Å². The van der Waals surface area contributed by atoms with E-state index in [1.54, 1.807) is 38.1 Å². The monoisotopic (exact) mass is 570 g/mol. The third-order valence-electron chi connectivity index (χ3n) is 7.49. The van der Waals surface area contributed by atoms with E-state index in [0.717, 1.165) is 10.9 Å². The highest BCUT2D eigenvalue weighted by Gasteiger charge is 2.50. The van der Waals surface area contributed by atoms with Crippen LogP contribution in [0.4, 0.5) is 5.69 Å². The Morgan fingerprint density at radius 3 is 2.43 bits per heavy atom. The van der Waals surface area contributed by atoms with Crippen molar-refractivity contribution in [3.63, 3.8) is 0 Å². The van der Waals surface area contributed by atoms with Crippen molar-refractivity contribution in [1.82, 2.24) is 4.98 Å². The van der Waals surface area contributed by atoms with Gasteiger partial charge in [0, 0.05) is 23.4 Å². The highest BCUT2D eigenvalue weighted by molar-refractivity contribution is 6.06. The van der Waals surface area contributed by atoms with Crippen LogP contribution in [0.3, 0.4) is 0 Å². The van der Waals surface area contributed by atoms with E-state index in [-0.39, 0.29) is 17.0 Å². The molecule has 5 aromatic rings. The first-order chi connectivity index (χ1) is 20.2. The Kier molecular flexibility index (Phi) is 7.07. The summed E-state index contributed by atoms with van der Waals surface area (Å²) >= 11 is 0. The van der Waals surface area contributed by atoms with E-state index in [2.05, 4.69) is 10.3 Å². The molecule has 4 atom stereocenters. The number of amides is 1. The Balaban J connectivity index is 1.38. The van der Waals surface area contributed by atoms with Gasteiger partial charge in [-0.3, -0.25) is 4.79 Å². The Hall–Kier alpha value is -4.48. The van der Waals surface area contributed by atoms with Crippen molar-refractivity contribution in [2.24, 2.45) is 0 Å². The lowest BCUT2D eigenvalue weighted by Crippen LogP contribution is -2.63. The Labute approximate surface area is 240 Å². The van der Waals surface area contributed by atoms with E-state index in [0.29, 0.717) is 22.2 Å². The first-order valence-corrected chi connectivity index (χ1v) is 13.4. The molecule has 0 bridgehead atoms. The average molecular weight is 571 g/mol. The fourth-order valence-electron chi connectivity index (χ4n) is 5.44. The summed E-state index contributed by atoms with van der Waals surface area (Å²) in [5.74, 6) is -0.227. The van der Waals surface area contributed by atoms with Crippen LogP contribution in [0, 0.1) is 0 Å². The Morgan fingerprint density at radius 1 is 0.952 bits per heavy atom. The molecule has 10 nitrogen and oxygen atoms in total. The molecule has 216 valence electrons. The molecule has 0 radical (unpaired) electrons. The minimum atomic E-state index is -1.42. The molecule has 10 heteroatoms. The van der Waals surface area contributed by atoms with Gasteiger partial charge in [0.1, 0.15) is 41.0 Å². The number of aliphatic hydroxyl groups excluding tert-OH is 2. The number of aromatic nitrogens is 1. The SMILES string of the molecule is CO[C@@H]1[C@@H](O)[C@H](O)[C@H](Oc2ccc3cc(NC(=O)c4cc5ccccc5[nH]4)c(=O)oc3c2-c2ccccc2)OC1(C)C. The summed E-state index contributed by atoms with van der Waals surface area (Å²) in [6, 6.07) is 23.2. The fraction of sp³-hybridized carbons (Fsp3) is 0.250. The molecular weight excluding hydrogens is 540 g/mol. The number of hydrogen-bond acceptors (Lipinski definition) is 8. The second-order valence-corrected chi connectivity index (χ2v) is 10.7. The van der Waals surface area contributed by atoms with Crippen molar-refractivity contribution < 1.29 is 33.6 Å². The number of ether oxygens (including phenoxy) is 3. The van der Waals surface area contributed by atoms with Gasteiger partial charge in [-0.15, -0.1) is 0 Å². The third-order valence-corrected chi connectivity index (χ3v) is 7.49. The van der Waals surface area contributed by atoms with Crippen LogP contribution in [0.5, 0.6) is 5.75 Å².